The van der Waals surface area contributed by atoms with Gasteiger partial charge in [-0.15, -0.1) is 0 Å². The lowest BCUT2D eigenvalue weighted by Gasteiger charge is -2.40. The van der Waals surface area contributed by atoms with Gasteiger partial charge in [-0.3, -0.25) is 0 Å². The van der Waals surface area contributed by atoms with E-state index in [0.717, 1.165) is 66.8 Å². The van der Waals surface area contributed by atoms with Crippen LogP contribution in [0.1, 0.15) is 39.8 Å². The smallest absolute Gasteiger partial charge is 0.164 e. The molecule has 11 rings (SSSR count). The van der Waals surface area contributed by atoms with Gasteiger partial charge in [0, 0.05) is 39.6 Å². The Balaban J connectivity index is 1.23. The zero-order valence-corrected chi connectivity index (χ0v) is 28.5. The van der Waals surface area contributed by atoms with E-state index in [0.29, 0.717) is 23.9 Å². The first kappa shape index (κ1) is 29.6. The summed E-state index contributed by atoms with van der Waals surface area (Å²) in [7, 11) is 0. The molecule has 8 aromatic rings. The third-order valence-corrected chi connectivity index (χ3v) is 10.8. The highest BCUT2D eigenvalue weighted by atomic mass is 16.5. The molecule has 1 unspecified atom stereocenters. The van der Waals surface area contributed by atoms with E-state index in [4.69, 9.17) is 19.7 Å². The van der Waals surface area contributed by atoms with Gasteiger partial charge in [0.15, 0.2) is 17.5 Å². The summed E-state index contributed by atoms with van der Waals surface area (Å²) in [6.45, 7) is 0. The van der Waals surface area contributed by atoms with E-state index < -0.39 is 5.41 Å². The van der Waals surface area contributed by atoms with Crippen LogP contribution < -0.4 is 4.74 Å². The SMILES string of the molecule is C1#Cc2c(ccc3c2Oc2c(ccc4ccccc24)C32c3ccccc3-c3ccc(-c4nc(-c5ccccc5)nc(-c5ccccc5)n4)cc32)C=CC1. The number of benzene rings is 7. The fourth-order valence-corrected chi connectivity index (χ4v) is 8.48. The molecule has 4 nitrogen and oxygen atoms in total. The van der Waals surface area contributed by atoms with Crippen LogP contribution in [0.5, 0.6) is 11.5 Å². The minimum atomic E-state index is -0.695. The number of nitrogens with zero attached hydrogens (tertiary/aromatic N) is 3. The first-order valence-corrected chi connectivity index (χ1v) is 17.9. The molecule has 0 bridgehead atoms. The predicted molar refractivity (Wildman–Crippen MR) is 212 cm³/mol. The number of rotatable bonds is 3. The largest absolute Gasteiger partial charge is 0.455 e. The van der Waals surface area contributed by atoms with Crippen LogP contribution in [0, 0.1) is 11.8 Å². The Kier molecular flexibility index (Phi) is 6.41. The van der Waals surface area contributed by atoms with Crippen LogP contribution in [-0.2, 0) is 5.41 Å². The molecular weight excluding hydrogens is 647 g/mol. The van der Waals surface area contributed by atoms with Crippen LogP contribution in [0.25, 0.3) is 62.1 Å². The number of hydrogen-bond donors (Lipinski definition) is 0. The Hall–Kier alpha value is -7.09. The summed E-state index contributed by atoms with van der Waals surface area (Å²) in [5, 5.41) is 2.20. The highest BCUT2D eigenvalue weighted by Gasteiger charge is 2.52. The number of aromatic nitrogens is 3. The van der Waals surface area contributed by atoms with Crippen molar-refractivity contribution in [1.29, 1.82) is 0 Å². The second-order valence-corrected chi connectivity index (χ2v) is 13.7. The van der Waals surface area contributed by atoms with Crippen LogP contribution in [0.2, 0.25) is 0 Å². The fourth-order valence-electron chi connectivity index (χ4n) is 8.48. The zero-order chi connectivity index (χ0) is 34.9. The van der Waals surface area contributed by atoms with E-state index in [2.05, 4.69) is 115 Å². The normalized spacial score (nSPS) is 15.6. The lowest BCUT2D eigenvalue weighted by molar-refractivity contribution is 0.440. The van der Waals surface area contributed by atoms with Gasteiger partial charge in [0.05, 0.1) is 11.0 Å². The van der Waals surface area contributed by atoms with Gasteiger partial charge in [-0.2, -0.15) is 0 Å². The van der Waals surface area contributed by atoms with Crippen molar-refractivity contribution in [3.63, 3.8) is 0 Å². The Morgan fingerprint density at radius 1 is 0.509 bits per heavy atom. The van der Waals surface area contributed by atoms with Crippen molar-refractivity contribution in [3.8, 4) is 68.6 Å². The molecule has 1 atom stereocenters. The third-order valence-electron chi connectivity index (χ3n) is 10.8. The zero-order valence-electron chi connectivity index (χ0n) is 28.5. The van der Waals surface area contributed by atoms with E-state index in [9.17, 15) is 0 Å². The van der Waals surface area contributed by atoms with Crippen LogP contribution in [0.15, 0.2) is 158 Å². The second-order valence-electron chi connectivity index (χ2n) is 13.7. The van der Waals surface area contributed by atoms with Crippen molar-refractivity contribution in [2.45, 2.75) is 11.8 Å². The minimum absolute atomic E-state index is 0.621. The number of allylic oxidation sites excluding steroid dienone is 1. The Morgan fingerprint density at radius 3 is 1.94 bits per heavy atom. The number of fused-ring (bicyclic) bond motifs is 13. The molecule has 3 aliphatic rings. The molecule has 246 valence electrons. The molecule has 0 saturated carbocycles. The molecule has 0 saturated heterocycles. The highest BCUT2D eigenvalue weighted by Crippen LogP contribution is 2.64. The third kappa shape index (κ3) is 4.35. The summed E-state index contributed by atoms with van der Waals surface area (Å²) in [6.07, 6.45) is 4.98. The molecule has 0 radical (unpaired) electrons. The molecule has 1 aliphatic heterocycles. The summed E-state index contributed by atoms with van der Waals surface area (Å²) >= 11 is 0. The molecular formula is C49H29N3O. The molecule has 2 aliphatic carbocycles. The summed E-state index contributed by atoms with van der Waals surface area (Å²) in [4.78, 5) is 15.2. The van der Waals surface area contributed by atoms with E-state index >= 15 is 0 Å². The topological polar surface area (TPSA) is 47.9 Å². The Morgan fingerprint density at radius 2 is 1.15 bits per heavy atom. The summed E-state index contributed by atoms with van der Waals surface area (Å²) in [5.41, 5.74) is 11.0. The van der Waals surface area contributed by atoms with E-state index in [1.807, 2.05) is 60.7 Å². The summed E-state index contributed by atoms with van der Waals surface area (Å²) in [6, 6.07) is 53.2. The molecule has 1 spiro atoms. The van der Waals surface area contributed by atoms with Gasteiger partial charge in [-0.05, 0) is 39.3 Å². The highest BCUT2D eigenvalue weighted by molar-refractivity contribution is 5.97. The number of hydrogen-bond acceptors (Lipinski definition) is 4. The van der Waals surface area contributed by atoms with Gasteiger partial charge in [0.25, 0.3) is 0 Å². The molecule has 4 heteroatoms. The molecule has 1 aromatic heterocycles. The second kappa shape index (κ2) is 11.5. The maximum Gasteiger partial charge on any atom is 0.164 e. The molecule has 0 amide bonds. The first-order chi connectivity index (χ1) is 26.3. The molecule has 7 aromatic carbocycles. The predicted octanol–water partition coefficient (Wildman–Crippen LogP) is 11.3. The quantitative estimate of drug-likeness (QED) is 0.175. The average molecular weight is 676 g/mol. The Bertz CT molecular complexity index is 2840. The van der Waals surface area contributed by atoms with Gasteiger partial charge >= 0.3 is 0 Å². The summed E-state index contributed by atoms with van der Waals surface area (Å²) < 4.78 is 7.14. The van der Waals surface area contributed by atoms with Crippen molar-refractivity contribution < 1.29 is 4.74 Å². The van der Waals surface area contributed by atoms with Gasteiger partial charge in [-0.1, -0.05) is 170 Å². The fraction of sp³-hybridized carbons (Fsp3) is 0.0408. The summed E-state index contributed by atoms with van der Waals surface area (Å²) in [5.74, 6) is 10.4. The number of ether oxygens (including phenoxy) is 1. The minimum Gasteiger partial charge on any atom is -0.455 e. The standard InChI is InChI=1S/C49H29N3O/c1-5-16-33(17-6-1)46-50-47(34-18-7-2-8-19-34)52-48(51-46)35-24-27-39-38-22-12-13-23-40(38)49(43(39)30-35)41-28-25-31-14-4-3-9-20-36(31)44(41)53-45-37-21-11-10-15-32(37)26-29-42(45)49/h1-2,4-8,10-19,21-30H,3H2. The van der Waals surface area contributed by atoms with E-state index in [1.54, 1.807) is 0 Å². The van der Waals surface area contributed by atoms with Crippen molar-refractivity contribution in [3.05, 3.63) is 191 Å². The van der Waals surface area contributed by atoms with Gasteiger partial charge in [0.2, 0.25) is 0 Å². The van der Waals surface area contributed by atoms with Crippen molar-refractivity contribution in [2.24, 2.45) is 0 Å². The lowest BCUT2D eigenvalue weighted by Crippen LogP contribution is -2.32. The van der Waals surface area contributed by atoms with E-state index in [-0.39, 0.29) is 0 Å². The van der Waals surface area contributed by atoms with Gasteiger partial charge in [-0.25, -0.2) is 15.0 Å². The van der Waals surface area contributed by atoms with Crippen LogP contribution >= 0.6 is 0 Å². The van der Waals surface area contributed by atoms with Crippen molar-refractivity contribution >= 4 is 16.8 Å². The molecule has 53 heavy (non-hydrogen) atoms. The van der Waals surface area contributed by atoms with Crippen molar-refractivity contribution in [1.82, 2.24) is 15.0 Å². The van der Waals surface area contributed by atoms with Crippen LogP contribution in [0.3, 0.4) is 0 Å². The monoisotopic (exact) mass is 675 g/mol. The maximum absolute atomic E-state index is 7.14. The van der Waals surface area contributed by atoms with Gasteiger partial charge < -0.3 is 4.74 Å². The lowest BCUT2D eigenvalue weighted by atomic mass is 9.65. The average Bonchev–Trinajstić information content (AvgIpc) is 3.33. The van der Waals surface area contributed by atoms with E-state index in [1.165, 1.54) is 16.7 Å². The Labute approximate surface area is 307 Å². The van der Waals surface area contributed by atoms with Crippen LogP contribution in [0.4, 0.5) is 0 Å². The van der Waals surface area contributed by atoms with Crippen molar-refractivity contribution in [2.75, 3.05) is 0 Å². The molecule has 0 N–H and O–H groups in total. The van der Waals surface area contributed by atoms with Gasteiger partial charge in [0.1, 0.15) is 11.5 Å². The molecule has 2 heterocycles. The molecule has 0 fully saturated rings. The maximum atomic E-state index is 7.14. The van der Waals surface area contributed by atoms with Crippen LogP contribution in [-0.4, -0.2) is 15.0 Å². The first-order valence-electron chi connectivity index (χ1n) is 17.9.